The van der Waals surface area contributed by atoms with Crippen molar-refractivity contribution in [1.82, 2.24) is 15.5 Å². The van der Waals surface area contributed by atoms with Crippen LogP contribution in [0.25, 0.3) is 0 Å². The Kier molecular flexibility index (Phi) is 3.57. The van der Waals surface area contributed by atoms with Gasteiger partial charge in [-0.2, -0.15) is 5.10 Å². The molecule has 0 bridgehead atoms. The summed E-state index contributed by atoms with van der Waals surface area (Å²) in [7, 11) is 0. The maximum absolute atomic E-state index is 11.7. The van der Waals surface area contributed by atoms with Gasteiger partial charge >= 0.3 is 0 Å². The maximum atomic E-state index is 11.7. The fourth-order valence-corrected chi connectivity index (χ4v) is 1.25. The summed E-state index contributed by atoms with van der Waals surface area (Å²) in [5.74, 6) is -0.217. The number of hydrogen-bond acceptors (Lipinski definition) is 3. The van der Waals surface area contributed by atoms with Crippen LogP contribution in [0.15, 0.2) is 0 Å². The number of carbonyl (C=O) groups excluding carboxylic acids is 1. The summed E-state index contributed by atoms with van der Waals surface area (Å²) in [6.45, 7) is 8.81. The molecule has 1 heterocycles. The van der Waals surface area contributed by atoms with Crippen LogP contribution in [0, 0.1) is 12.3 Å². The molecule has 0 saturated carbocycles. The Bertz CT molecular complexity index is 376. The van der Waals surface area contributed by atoms with E-state index in [-0.39, 0.29) is 17.0 Å². The first kappa shape index (κ1) is 12.5. The van der Waals surface area contributed by atoms with Crippen molar-refractivity contribution in [2.24, 2.45) is 5.41 Å². The fraction of sp³-hybridized carbons (Fsp3) is 0.636. The average Bonchev–Trinajstić information content (AvgIpc) is 2.45. The van der Waals surface area contributed by atoms with Gasteiger partial charge in [0, 0.05) is 6.54 Å². The topological polar surface area (TPSA) is 83.8 Å². The molecule has 0 aliphatic heterocycles. The van der Waals surface area contributed by atoms with E-state index in [1.807, 2.05) is 0 Å². The number of carbonyl (C=O) groups is 1. The van der Waals surface area contributed by atoms with Crippen LogP contribution in [0.1, 0.15) is 43.4 Å². The number of H-pyrrole nitrogens is 1. The van der Waals surface area contributed by atoms with E-state index in [9.17, 15) is 4.79 Å². The smallest absolute Gasteiger partial charge is 0.273 e. The molecule has 90 valence electrons. The lowest BCUT2D eigenvalue weighted by Gasteiger charge is -2.17. The lowest BCUT2D eigenvalue weighted by atomic mass is 9.92. The molecule has 0 aliphatic carbocycles. The lowest BCUT2D eigenvalue weighted by molar-refractivity contribution is 0.0945. The SMILES string of the molecule is Cc1[nH]nc(C(=O)NCCC(C)(C)C)c1N. The molecule has 1 aromatic heterocycles. The average molecular weight is 224 g/mol. The van der Waals surface area contributed by atoms with Crippen molar-refractivity contribution >= 4 is 11.6 Å². The Morgan fingerprint density at radius 1 is 1.50 bits per heavy atom. The van der Waals surface area contributed by atoms with Gasteiger partial charge in [-0.05, 0) is 18.8 Å². The number of aromatic amines is 1. The monoisotopic (exact) mass is 224 g/mol. The predicted molar refractivity (Wildman–Crippen MR) is 64.1 cm³/mol. The van der Waals surface area contributed by atoms with E-state index in [4.69, 9.17) is 5.73 Å². The Morgan fingerprint density at radius 2 is 2.12 bits per heavy atom. The molecule has 0 unspecified atom stereocenters. The van der Waals surface area contributed by atoms with Gasteiger partial charge in [0.25, 0.3) is 5.91 Å². The first-order valence-electron chi connectivity index (χ1n) is 5.40. The van der Waals surface area contributed by atoms with Gasteiger partial charge < -0.3 is 11.1 Å². The first-order chi connectivity index (χ1) is 7.31. The van der Waals surface area contributed by atoms with Crippen molar-refractivity contribution in [2.75, 3.05) is 12.3 Å². The summed E-state index contributed by atoms with van der Waals surface area (Å²) >= 11 is 0. The molecule has 0 aliphatic rings. The summed E-state index contributed by atoms with van der Waals surface area (Å²) in [4.78, 5) is 11.7. The number of amides is 1. The van der Waals surface area contributed by atoms with Crippen molar-refractivity contribution in [2.45, 2.75) is 34.1 Å². The number of anilines is 1. The molecule has 4 N–H and O–H groups in total. The third-order valence-electron chi connectivity index (χ3n) is 2.37. The van der Waals surface area contributed by atoms with E-state index in [0.29, 0.717) is 12.2 Å². The third kappa shape index (κ3) is 3.25. The molecule has 5 nitrogen and oxygen atoms in total. The van der Waals surface area contributed by atoms with Crippen molar-refractivity contribution in [1.29, 1.82) is 0 Å². The molecule has 0 saturated heterocycles. The van der Waals surface area contributed by atoms with Crippen molar-refractivity contribution < 1.29 is 4.79 Å². The van der Waals surface area contributed by atoms with Gasteiger partial charge in [0.05, 0.1) is 11.4 Å². The largest absolute Gasteiger partial charge is 0.395 e. The number of aromatic nitrogens is 2. The van der Waals surface area contributed by atoms with Gasteiger partial charge in [0.2, 0.25) is 0 Å². The highest BCUT2D eigenvalue weighted by Gasteiger charge is 2.16. The molecule has 1 amide bonds. The molecule has 1 aromatic rings. The fourth-order valence-electron chi connectivity index (χ4n) is 1.25. The molecular formula is C11H20N4O. The number of nitrogens with two attached hydrogens (primary N) is 1. The Balaban J connectivity index is 2.51. The van der Waals surface area contributed by atoms with E-state index < -0.39 is 0 Å². The number of nitrogens with zero attached hydrogens (tertiary/aromatic N) is 1. The zero-order chi connectivity index (χ0) is 12.3. The second-order valence-electron chi connectivity index (χ2n) is 5.18. The second kappa shape index (κ2) is 4.55. The standard InChI is InChI=1S/C11H20N4O/c1-7-8(12)9(15-14-7)10(16)13-6-5-11(2,3)4/h5-6,12H2,1-4H3,(H,13,16)(H,14,15). The number of nitrogens with one attached hydrogen (secondary N) is 2. The molecule has 0 radical (unpaired) electrons. The Labute approximate surface area is 95.8 Å². The molecule has 0 aromatic carbocycles. The van der Waals surface area contributed by atoms with E-state index in [1.54, 1.807) is 6.92 Å². The zero-order valence-corrected chi connectivity index (χ0v) is 10.3. The molecule has 0 atom stereocenters. The third-order valence-corrected chi connectivity index (χ3v) is 2.37. The van der Waals surface area contributed by atoms with Crippen LogP contribution in [0.3, 0.4) is 0 Å². The highest BCUT2D eigenvalue weighted by atomic mass is 16.1. The summed E-state index contributed by atoms with van der Waals surface area (Å²) in [6, 6.07) is 0. The summed E-state index contributed by atoms with van der Waals surface area (Å²) < 4.78 is 0. The minimum absolute atomic E-state index is 0.209. The highest BCUT2D eigenvalue weighted by molar-refractivity contribution is 5.97. The minimum Gasteiger partial charge on any atom is -0.395 e. The van der Waals surface area contributed by atoms with Crippen LogP contribution in [-0.4, -0.2) is 22.6 Å². The van der Waals surface area contributed by atoms with Gasteiger partial charge in [-0.1, -0.05) is 20.8 Å². The lowest BCUT2D eigenvalue weighted by Crippen LogP contribution is -2.28. The van der Waals surface area contributed by atoms with Gasteiger partial charge in [-0.15, -0.1) is 0 Å². The number of hydrogen-bond donors (Lipinski definition) is 3. The second-order valence-corrected chi connectivity index (χ2v) is 5.18. The quantitative estimate of drug-likeness (QED) is 0.727. The summed E-state index contributed by atoms with van der Waals surface area (Å²) in [5, 5.41) is 9.37. The molecule has 0 fully saturated rings. The summed E-state index contributed by atoms with van der Waals surface area (Å²) in [6.07, 6.45) is 0.919. The van der Waals surface area contributed by atoms with Gasteiger partial charge in [-0.25, -0.2) is 0 Å². The number of nitrogen functional groups attached to an aromatic ring is 1. The van der Waals surface area contributed by atoms with Gasteiger partial charge in [-0.3, -0.25) is 9.89 Å². The van der Waals surface area contributed by atoms with Crippen LogP contribution in [0.4, 0.5) is 5.69 Å². The molecule has 5 heteroatoms. The maximum Gasteiger partial charge on any atom is 0.273 e. The summed E-state index contributed by atoms with van der Waals surface area (Å²) in [5.41, 5.74) is 7.35. The Hall–Kier alpha value is -1.52. The van der Waals surface area contributed by atoms with Crippen molar-refractivity contribution in [3.05, 3.63) is 11.4 Å². The number of aryl methyl sites for hydroxylation is 1. The zero-order valence-electron chi connectivity index (χ0n) is 10.3. The van der Waals surface area contributed by atoms with Gasteiger partial charge in [0.1, 0.15) is 0 Å². The minimum atomic E-state index is -0.217. The van der Waals surface area contributed by atoms with Gasteiger partial charge in [0.15, 0.2) is 5.69 Å². The Morgan fingerprint density at radius 3 is 2.56 bits per heavy atom. The van der Waals surface area contributed by atoms with Crippen molar-refractivity contribution in [3.8, 4) is 0 Å². The molecule has 1 rings (SSSR count). The molecule has 0 spiro atoms. The van der Waals surface area contributed by atoms with Crippen LogP contribution in [0.2, 0.25) is 0 Å². The normalized spacial score (nSPS) is 11.5. The highest BCUT2D eigenvalue weighted by Crippen LogP contribution is 2.17. The van der Waals surface area contributed by atoms with Crippen LogP contribution >= 0.6 is 0 Å². The predicted octanol–water partition coefficient (Wildman–Crippen LogP) is 1.47. The van der Waals surface area contributed by atoms with E-state index in [0.717, 1.165) is 12.1 Å². The van der Waals surface area contributed by atoms with Crippen LogP contribution in [0.5, 0.6) is 0 Å². The van der Waals surface area contributed by atoms with E-state index in [1.165, 1.54) is 0 Å². The van der Waals surface area contributed by atoms with Crippen molar-refractivity contribution in [3.63, 3.8) is 0 Å². The first-order valence-corrected chi connectivity index (χ1v) is 5.40. The van der Waals surface area contributed by atoms with E-state index in [2.05, 4.69) is 36.3 Å². The van der Waals surface area contributed by atoms with Crippen LogP contribution in [-0.2, 0) is 0 Å². The van der Waals surface area contributed by atoms with Crippen LogP contribution < -0.4 is 11.1 Å². The molecular weight excluding hydrogens is 204 g/mol. The molecule has 16 heavy (non-hydrogen) atoms. The van der Waals surface area contributed by atoms with E-state index >= 15 is 0 Å². The number of rotatable bonds is 3.